The Morgan fingerprint density at radius 3 is 2.85 bits per heavy atom. The monoisotopic (exact) mass is 308 g/mol. The molecule has 0 atom stereocenters. The smallest absolute Gasteiger partial charge is 0.233 e. The lowest BCUT2D eigenvalue weighted by Gasteiger charge is -2.21. The molecule has 1 heterocycles. The van der Waals surface area contributed by atoms with E-state index >= 15 is 0 Å². The first-order valence-corrected chi connectivity index (χ1v) is 7.91. The molecule has 1 amide bonds. The molecular weight excluding hydrogens is 292 g/mol. The third-order valence-corrected chi connectivity index (χ3v) is 4.14. The Balaban J connectivity index is 2.13. The van der Waals surface area contributed by atoms with Crippen LogP contribution in [0.25, 0.3) is 0 Å². The summed E-state index contributed by atoms with van der Waals surface area (Å²) >= 11 is 7.21. The summed E-state index contributed by atoms with van der Waals surface area (Å²) in [4.78, 5) is 18.5. The number of likely N-dealkylation sites (N-methyl/N-ethyl adjacent to an activating group) is 1. The molecule has 0 saturated carbocycles. The van der Waals surface area contributed by atoms with Crippen molar-refractivity contribution in [2.45, 2.75) is 26.1 Å². The minimum Gasteiger partial charge on any atom is -0.312 e. The molecule has 20 heavy (non-hydrogen) atoms. The summed E-state index contributed by atoms with van der Waals surface area (Å²) in [6, 6.07) is 7.97. The summed E-state index contributed by atoms with van der Waals surface area (Å²) in [5, 5.41) is 2.72. The maximum absolute atomic E-state index is 12.4. The lowest BCUT2D eigenvalue weighted by atomic mass is 10.2. The van der Waals surface area contributed by atoms with Gasteiger partial charge in [0.1, 0.15) is 5.01 Å². The molecule has 0 bridgehead atoms. The Morgan fingerprint density at radius 1 is 1.45 bits per heavy atom. The summed E-state index contributed by atoms with van der Waals surface area (Å²) in [5.74, 6) is 0.452. The van der Waals surface area contributed by atoms with Gasteiger partial charge < -0.3 is 4.90 Å². The maximum Gasteiger partial charge on any atom is 0.233 e. The van der Waals surface area contributed by atoms with E-state index in [-0.39, 0.29) is 5.91 Å². The second kappa shape index (κ2) is 6.86. The highest BCUT2D eigenvalue weighted by molar-refractivity contribution is 7.09. The number of aryl methyl sites for hydroxylation is 1. The van der Waals surface area contributed by atoms with Crippen LogP contribution in [0, 0.1) is 6.92 Å². The molecular formula is C15H17ClN2OS. The van der Waals surface area contributed by atoms with Gasteiger partial charge in [-0.3, -0.25) is 4.79 Å². The number of rotatable bonds is 5. The second-order valence-electron chi connectivity index (χ2n) is 4.52. The summed E-state index contributed by atoms with van der Waals surface area (Å²) in [6.07, 6.45) is 0.323. The number of alkyl halides is 1. The van der Waals surface area contributed by atoms with Gasteiger partial charge in [0.2, 0.25) is 5.91 Å². The molecule has 0 aliphatic heterocycles. The first-order valence-electron chi connectivity index (χ1n) is 6.50. The number of thiazole rings is 1. The summed E-state index contributed by atoms with van der Waals surface area (Å²) < 4.78 is 0. The molecule has 1 aromatic heterocycles. The van der Waals surface area contributed by atoms with Crippen molar-refractivity contribution < 1.29 is 4.79 Å². The molecule has 0 unspecified atom stereocenters. The molecule has 0 aliphatic rings. The number of benzene rings is 1. The minimum absolute atomic E-state index is 0.0635. The number of carbonyl (C=O) groups is 1. The van der Waals surface area contributed by atoms with Gasteiger partial charge in [0, 0.05) is 17.6 Å². The largest absolute Gasteiger partial charge is 0.312 e. The predicted molar refractivity (Wildman–Crippen MR) is 84.6 cm³/mol. The molecule has 1 aromatic carbocycles. The summed E-state index contributed by atoms with van der Waals surface area (Å²) in [7, 11) is 0. The van der Waals surface area contributed by atoms with E-state index in [1.54, 1.807) is 4.90 Å². The van der Waals surface area contributed by atoms with Gasteiger partial charge in [0.25, 0.3) is 0 Å². The van der Waals surface area contributed by atoms with E-state index in [1.807, 2.05) is 43.5 Å². The number of hydrogen-bond acceptors (Lipinski definition) is 3. The van der Waals surface area contributed by atoms with Gasteiger partial charge in [-0.1, -0.05) is 12.1 Å². The van der Waals surface area contributed by atoms with Gasteiger partial charge in [-0.15, -0.1) is 22.9 Å². The second-order valence-corrected chi connectivity index (χ2v) is 5.73. The Bertz CT molecular complexity index is 597. The molecule has 0 radical (unpaired) electrons. The van der Waals surface area contributed by atoms with Crippen molar-refractivity contribution in [3.05, 3.63) is 45.9 Å². The van der Waals surface area contributed by atoms with E-state index in [2.05, 4.69) is 4.98 Å². The topological polar surface area (TPSA) is 33.2 Å². The normalized spacial score (nSPS) is 10.6. The lowest BCUT2D eigenvalue weighted by Crippen LogP contribution is -2.32. The minimum atomic E-state index is 0.0635. The average Bonchev–Trinajstić information content (AvgIpc) is 2.87. The highest BCUT2D eigenvalue weighted by Gasteiger charge is 2.16. The Kier molecular flexibility index (Phi) is 5.15. The van der Waals surface area contributed by atoms with Gasteiger partial charge in [0.05, 0.1) is 18.0 Å². The maximum atomic E-state index is 12.4. The number of anilines is 1. The van der Waals surface area contributed by atoms with Crippen molar-refractivity contribution in [3.63, 3.8) is 0 Å². The average molecular weight is 309 g/mol. The van der Waals surface area contributed by atoms with Gasteiger partial charge >= 0.3 is 0 Å². The van der Waals surface area contributed by atoms with Gasteiger partial charge in [0.15, 0.2) is 0 Å². The third-order valence-electron chi connectivity index (χ3n) is 2.97. The molecule has 0 spiro atoms. The van der Waals surface area contributed by atoms with Crippen LogP contribution in [0.3, 0.4) is 0 Å². The standard InChI is InChI=1S/C15H17ClN2OS/c1-3-18(13-6-4-5-11(2)7-13)15(19)8-14-17-12(9-16)10-20-14/h4-7,10H,3,8-9H2,1-2H3. The highest BCUT2D eigenvalue weighted by atomic mass is 35.5. The molecule has 106 valence electrons. The van der Waals surface area contributed by atoms with Crippen molar-refractivity contribution >= 4 is 34.5 Å². The molecule has 0 fully saturated rings. The number of aromatic nitrogens is 1. The van der Waals surface area contributed by atoms with Gasteiger partial charge in [-0.05, 0) is 31.5 Å². The lowest BCUT2D eigenvalue weighted by molar-refractivity contribution is -0.117. The van der Waals surface area contributed by atoms with Crippen molar-refractivity contribution in [3.8, 4) is 0 Å². The van der Waals surface area contributed by atoms with E-state index < -0.39 is 0 Å². The fraction of sp³-hybridized carbons (Fsp3) is 0.333. The van der Waals surface area contributed by atoms with Crippen LogP contribution in [0.2, 0.25) is 0 Å². The molecule has 3 nitrogen and oxygen atoms in total. The molecule has 0 saturated heterocycles. The number of nitrogens with zero attached hydrogens (tertiary/aromatic N) is 2. The number of hydrogen-bond donors (Lipinski definition) is 0. The molecule has 2 aromatic rings. The van der Waals surface area contributed by atoms with E-state index in [0.717, 1.165) is 22.0 Å². The van der Waals surface area contributed by atoms with Crippen LogP contribution in [0.4, 0.5) is 5.69 Å². The van der Waals surface area contributed by atoms with Crippen LogP contribution in [0.15, 0.2) is 29.6 Å². The van der Waals surface area contributed by atoms with E-state index in [0.29, 0.717) is 18.8 Å². The predicted octanol–water partition coefficient (Wildman–Crippen LogP) is 3.79. The quantitative estimate of drug-likeness (QED) is 0.787. The third kappa shape index (κ3) is 3.58. The summed E-state index contributed by atoms with van der Waals surface area (Å²) in [5.41, 5.74) is 2.91. The Morgan fingerprint density at radius 2 is 2.25 bits per heavy atom. The number of amides is 1. The number of halogens is 1. The molecule has 2 rings (SSSR count). The van der Waals surface area contributed by atoms with Crippen LogP contribution >= 0.6 is 22.9 Å². The van der Waals surface area contributed by atoms with Crippen LogP contribution in [0.1, 0.15) is 23.2 Å². The number of carbonyl (C=O) groups excluding carboxylic acids is 1. The van der Waals surface area contributed by atoms with Gasteiger partial charge in [-0.2, -0.15) is 0 Å². The van der Waals surface area contributed by atoms with Crippen LogP contribution in [0.5, 0.6) is 0 Å². The zero-order valence-electron chi connectivity index (χ0n) is 11.6. The highest BCUT2D eigenvalue weighted by Crippen LogP contribution is 2.18. The summed E-state index contributed by atoms with van der Waals surface area (Å²) in [6.45, 7) is 4.65. The molecule has 0 aliphatic carbocycles. The zero-order chi connectivity index (χ0) is 14.5. The Hall–Kier alpha value is -1.39. The van der Waals surface area contributed by atoms with E-state index in [4.69, 9.17) is 11.6 Å². The van der Waals surface area contributed by atoms with Gasteiger partial charge in [-0.25, -0.2) is 4.98 Å². The molecule has 0 N–H and O–H groups in total. The van der Waals surface area contributed by atoms with Crippen LogP contribution in [-0.2, 0) is 17.1 Å². The first kappa shape index (κ1) is 15.0. The zero-order valence-corrected chi connectivity index (χ0v) is 13.2. The molecule has 5 heteroatoms. The van der Waals surface area contributed by atoms with Crippen molar-refractivity contribution in [2.24, 2.45) is 0 Å². The van der Waals surface area contributed by atoms with Crippen molar-refractivity contribution in [1.82, 2.24) is 4.98 Å². The Labute approximate surface area is 128 Å². The van der Waals surface area contributed by atoms with E-state index in [9.17, 15) is 4.79 Å². The fourth-order valence-electron chi connectivity index (χ4n) is 2.02. The fourth-order valence-corrected chi connectivity index (χ4v) is 3.03. The van der Waals surface area contributed by atoms with E-state index in [1.165, 1.54) is 11.3 Å². The van der Waals surface area contributed by atoms with Crippen LogP contribution < -0.4 is 4.90 Å². The van der Waals surface area contributed by atoms with Crippen molar-refractivity contribution in [1.29, 1.82) is 0 Å². The first-order chi connectivity index (χ1) is 9.63. The van der Waals surface area contributed by atoms with Crippen LogP contribution in [-0.4, -0.2) is 17.4 Å². The SMILES string of the molecule is CCN(C(=O)Cc1nc(CCl)cs1)c1cccc(C)c1. The van der Waals surface area contributed by atoms with Crippen molar-refractivity contribution in [2.75, 3.05) is 11.4 Å².